The van der Waals surface area contributed by atoms with Crippen LogP contribution in [0.15, 0.2) is 61.6 Å². The van der Waals surface area contributed by atoms with Crippen molar-refractivity contribution in [2.24, 2.45) is 11.8 Å². The lowest BCUT2D eigenvalue weighted by molar-refractivity contribution is -0.170. The van der Waals surface area contributed by atoms with E-state index in [1.165, 1.54) is 31.7 Å². The van der Waals surface area contributed by atoms with Crippen molar-refractivity contribution >= 4 is 17.7 Å². The fourth-order valence-corrected chi connectivity index (χ4v) is 5.65. The SMILES string of the molecule is C=CC1C[C@H](OC(=O)C2(c3ccccc3)CCCCCCC2)C1CCNCC(=O)Nc1cnccn1. The summed E-state index contributed by atoms with van der Waals surface area (Å²) in [5.41, 5.74) is 0.533. The summed E-state index contributed by atoms with van der Waals surface area (Å²) >= 11 is 0. The first-order chi connectivity index (χ1) is 17.6. The van der Waals surface area contributed by atoms with Gasteiger partial charge in [-0.05, 0) is 43.7 Å². The quantitative estimate of drug-likeness (QED) is 0.282. The first kappa shape index (κ1) is 26.0. The van der Waals surface area contributed by atoms with Gasteiger partial charge < -0.3 is 15.4 Å². The summed E-state index contributed by atoms with van der Waals surface area (Å²) in [6.07, 6.45) is 15.5. The fraction of sp³-hybridized carbons (Fsp3) is 0.517. The van der Waals surface area contributed by atoms with E-state index in [1.54, 1.807) is 6.20 Å². The van der Waals surface area contributed by atoms with Gasteiger partial charge in [-0.15, -0.1) is 6.58 Å². The van der Waals surface area contributed by atoms with E-state index in [0.717, 1.165) is 44.1 Å². The number of hydrogen-bond acceptors (Lipinski definition) is 6. The van der Waals surface area contributed by atoms with E-state index in [1.807, 2.05) is 24.3 Å². The maximum Gasteiger partial charge on any atom is 0.316 e. The number of hydrogen-bond donors (Lipinski definition) is 2. The van der Waals surface area contributed by atoms with Gasteiger partial charge in [0.2, 0.25) is 5.91 Å². The lowest BCUT2D eigenvalue weighted by Gasteiger charge is -2.45. The molecule has 0 radical (unpaired) electrons. The number of allylic oxidation sites excluding steroid dienone is 1. The van der Waals surface area contributed by atoms with Gasteiger partial charge in [0.15, 0.2) is 5.82 Å². The molecule has 3 atom stereocenters. The molecule has 2 saturated carbocycles. The van der Waals surface area contributed by atoms with E-state index in [9.17, 15) is 9.59 Å². The molecule has 2 aromatic rings. The van der Waals surface area contributed by atoms with E-state index < -0.39 is 5.41 Å². The highest BCUT2D eigenvalue weighted by atomic mass is 16.5. The number of carbonyl (C=O) groups excluding carboxylic acids is 2. The zero-order valence-corrected chi connectivity index (χ0v) is 21.0. The number of rotatable bonds is 10. The monoisotopic (exact) mass is 490 g/mol. The van der Waals surface area contributed by atoms with Gasteiger partial charge in [-0.3, -0.25) is 14.6 Å². The summed E-state index contributed by atoms with van der Waals surface area (Å²) < 4.78 is 6.27. The van der Waals surface area contributed by atoms with Crippen LogP contribution in [-0.4, -0.2) is 41.0 Å². The normalized spacial score (nSPS) is 23.4. The summed E-state index contributed by atoms with van der Waals surface area (Å²) in [4.78, 5) is 33.9. The van der Waals surface area contributed by atoms with Crippen molar-refractivity contribution in [3.05, 3.63) is 67.1 Å². The van der Waals surface area contributed by atoms with Gasteiger partial charge in [-0.2, -0.15) is 0 Å². The molecule has 1 aromatic carbocycles. The Morgan fingerprint density at radius 3 is 2.53 bits per heavy atom. The average molecular weight is 491 g/mol. The lowest BCUT2D eigenvalue weighted by Crippen LogP contribution is -2.48. The van der Waals surface area contributed by atoms with Crippen LogP contribution in [0.5, 0.6) is 0 Å². The number of esters is 1. The Labute approximate surface area is 214 Å². The number of benzene rings is 1. The van der Waals surface area contributed by atoms with E-state index >= 15 is 0 Å². The average Bonchev–Trinajstić information content (AvgIpc) is 2.87. The summed E-state index contributed by atoms with van der Waals surface area (Å²) in [6, 6.07) is 10.2. The Hall–Kier alpha value is -3.06. The molecule has 2 aliphatic rings. The van der Waals surface area contributed by atoms with Gasteiger partial charge >= 0.3 is 5.97 Å². The molecule has 1 aromatic heterocycles. The predicted octanol–water partition coefficient (Wildman–Crippen LogP) is 4.81. The summed E-state index contributed by atoms with van der Waals surface area (Å²) in [5.74, 6) is 0.737. The fourth-order valence-electron chi connectivity index (χ4n) is 5.65. The van der Waals surface area contributed by atoms with Crippen molar-refractivity contribution in [1.29, 1.82) is 0 Å². The second kappa shape index (κ2) is 12.8. The van der Waals surface area contributed by atoms with Crippen LogP contribution >= 0.6 is 0 Å². The van der Waals surface area contributed by atoms with E-state index in [2.05, 4.69) is 39.3 Å². The number of anilines is 1. The molecule has 2 fully saturated rings. The minimum absolute atomic E-state index is 0.0654. The van der Waals surface area contributed by atoms with Crippen LogP contribution in [0.3, 0.4) is 0 Å². The standard InChI is InChI=1S/C29H38N4O3/c1-2-22-19-25(24(22)13-16-30-21-27(34)33-26-20-31-17-18-32-26)36-28(35)29(23-11-7-6-8-12-23)14-9-4-3-5-10-15-29/h2,6-8,11-12,17-18,20,22,24-25,30H,1,3-5,9-10,13-16,19,21H2,(H,32,33,34)/t22?,24?,25-/m0/s1. The van der Waals surface area contributed by atoms with Gasteiger partial charge in [0, 0.05) is 18.3 Å². The molecule has 4 rings (SSSR count). The largest absolute Gasteiger partial charge is 0.461 e. The molecule has 1 heterocycles. The molecule has 2 aliphatic carbocycles. The van der Waals surface area contributed by atoms with E-state index in [0.29, 0.717) is 18.3 Å². The second-order valence-corrected chi connectivity index (χ2v) is 10.1. The van der Waals surface area contributed by atoms with Crippen LogP contribution in [-0.2, 0) is 19.7 Å². The van der Waals surface area contributed by atoms with Crippen molar-refractivity contribution in [2.75, 3.05) is 18.4 Å². The van der Waals surface area contributed by atoms with Crippen LogP contribution in [0.2, 0.25) is 0 Å². The van der Waals surface area contributed by atoms with E-state index in [4.69, 9.17) is 4.74 Å². The minimum Gasteiger partial charge on any atom is -0.461 e. The smallest absolute Gasteiger partial charge is 0.316 e. The van der Waals surface area contributed by atoms with Crippen LogP contribution in [0, 0.1) is 11.8 Å². The Morgan fingerprint density at radius 2 is 1.83 bits per heavy atom. The molecule has 7 heteroatoms. The molecular formula is C29H38N4O3. The number of ether oxygens (including phenoxy) is 1. The molecular weight excluding hydrogens is 452 g/mol. The molecule has 36 heavy (non-hydrogen) atoms. The number of nitrogens with zero attached hydrogens (tertiary/aromatic N) is 2. The maximum atomic E-state index is 13.8. The molecule has 1 amide bonds. The maximum absolute atomic E-state index is 13.8. The van der Waals surface area contributed by atoms with Crippen molar-refractivity contribution in [3.63, 3.8) is 0 Å². The molecule has 0 spiro atoms. The van der Waals surface area contributed by atoms with Gasteiger partial charge in [0.1, 0.15) is 6.10 Å². The zero-order chi connectivity index (χ0) is 25.2. The third-order valence-electron chi connectivity index (χ3n) is 7.79. The molecule has 7 nitrogen and oxygen atoms in total. The Morgan fingerprint density at radius 1 is 1.08 bits per heavy atom. The third-order valence-corrected chi connectivity index (χ3v) is 7.79. The summed E-state index contributed by atoms with van der Waals surface area (Å²) in [7, 11) is 0. The van der Waals surface area contributed by atoms with Crippen molar-refractivity contribution in [1.82, 2.24) is 15.3 Å². The Bertz CT molecular complexity index is 990. The van der Waals surface area contributed by atoms with E-state index in [-0.39, 0.29) is 30.4 Å². The van der Waals surface area contributed by atoms with Crippen molar-refractivity contribution in [3.8, 4) is 0 Å². The predicted molar refractivity (Wildman–Crippen MR) is 140 cm³/mol. The number of nitrogens with one attached hydrogen (secondary N) is 2. The highest BCUT2D eigenvalue weighted by Gasteiger charge is 2.47. The van der Waals surface area contributed by atoms with Crippen LogP contribution in [0.4, 0.5) is 5.82 Å². The number of aromatic nitrogens is 2. The van der Waals surface area contributed by atoms with Crippen LogP contribution in [0.1, 0.15) is 63.4 Å². The van der Waals surface area contributed by atoms with Crippen molar-refractivity contribution < 1.29 is 14.3 Å². The third kappa shape index (κ3) is 6.38. The summed E-state index contributed by atoms with van der Waals surface area (Å²) in [5, 5.41) is 5.92. The molecule has 0 aliphatic heterocycles. The Kier molecular flexibility index (Phi) is 9.23. The first-order valence-electron chi connectivity index (χ1n) is 13.3. The molecule has 0 bridgehead atoms. The van der Waals surface area contributed by atoms with Gasteiger partial charge in [-0.25, -0.2) is 4.98 Å². The highest BCUT2D eigenvalue weighted by Crippen LogP contribution is 2.44. The van der Waals surface area contributed by atoms with Gasteiger partial charge in [0.25, 0.3) is 0 Å². The number of amides is 1. The Balaban J connectivity index is 1.33. The molecule has 2 N–H and O–H groups in total. The van der Waals surface area contributed by atoms with Crippen LogP contribution in [0.25, 0.3) is 0 Å². The van der Waals surface area contributed by atoms with Crippen LogP contribution < -0.4 is 10.6 Å². The summed E-state index contributed by atoms with van der Waals surface area (Å²) in [6.45, 7) is 4.82. The topological polar surface area (TPSA) is 93.2 Å². The van der Waals surface area contributed by atoms with Gasteiger partial charge in [0.05, 0.1) is 18.2 Å². The zero-order valence-electron chi connectivity index (χ0n) is 21.0. The lowest BCUT2D eigenvalue weighted by atomic mass is 9.68. The highest BCUT2D eigenvalue weighted by molar-refractivity contribution is 5.91. The first-order valence-corrected chi connectivity index (χ1v) is 13.3. The molecule has 192 valence electrons. The second-order valence-electron chi connectivity index (χ2n) is 10.1. The molecule has 0 saturated heterocycles. The molecule has 2 unspecified atom stereocenters. The van der Waals surface area contributed by atoms with Gasteiger partial charge in [-0.1, -0.05) is 68.5 Å². The number of carbonyl (C=O) groups is 2. The minimum atomic E-state index is -0.553. The van der Waals surface area contributed by atoms with Crippen molar-refractivity contribution in [2.45, 2.75) is 69.3 Å².